The average molecular weight is 319 g/mol. The molecule has 0 atom stereocenters. The summed E-state index contributed by atoms with van der Waals surface area (Å²) in [6.07, 6.45) is 2.14. The fraction of sp³-hybridized carbons (Fsp3) is 0.462. The van der Waals surface area contributed by atoms with Gasteiger partial charge in [-0.3, -0.25) is 4.79 Å². The Bertz CT molecular complexity index is 607. The van der Waals surface area contributed by atoms with E-state index in [9.17, 15) is 13.2 Å². The monoisotopic (exact) mass is 318 g/mol. The number of esters is 1. The smallest absolute Gasteiger partial charge is 0.310 e. The van der Waals surface area contributed by atoms with Gasteiger partial charge in [0.25, 0.3) is 9.05 Å². The van der Waals surface area contributed by atoms with Crippen molar-refractivity contribution >= 4 is 25.7 Å². The number of carbonyl (C=O) groups excluding carboxylic acids is 1. The van der Waals surface area contributed by atoms with Crippen LogP contribution in [-0.2, 0) is 25.0 Å². The molecule has 2 rings (SSSR count). The van der Waals surface area contributed by atoms with E-state index in [1.54, 1.807) is 0 Å². The van der Waals surface area contributed by atoms with E-state index < -0.39 is 15.0 Å². The molecule has 1 aromatic carbocycles. The maximum atomic E-state index is 11.7. The third-order valence-corrected chi connectivity index (χ3v) is 4.40. The number of methoxy groups -OCH3 is 1. The van der Waals surface area contributed by atoms with Crippen molar-refractivity contribution in [1.82, 2.24) is 0 Å². The summed E-state index contributed by atoms with van der Waals surface area (Å²) >= 11 is 0. The van der Waals surface area contributed by atoms with Crippen LogP contribution >= 0.6 is 10.7 Å². The molecule has 20 heavy (non-hydrogen) atoms. The molecule has 5 nitrogen and oxygen atoms in total. The molecule has 0 amide bonds. The second kappa shape index (κ2) is 6.01. The molecule has 7 heteroatoms. The largest absolute Gasteiger partial charge is 0.496 e. The molecular weight excluding hydrogens is 304 g/mol. The van der Waals surface area contributed by atoms with Crippen molar-refractivity contribution in [2.24, 2.45) is 5.92 Å². The Labute approximate surface area is 122 Å². The van der Waals surface area contributed by atoms with Gasteiger partial charge in [0.1, 0.15) is 5.75 Å². The highest BCUT2D eigenvalue weighted by atomic mass is 35.7. The topological polar surface area (TPSA) is 69.7 Å². The number of hydrogen-bond acceptors (Lipinski definition) is 5. The molecule has 0 saturated heterocycles. The predicted octanol–water partition coefficient (Wildman–Crippen LogP) is 2.12. The van der Waals surface area contributed by atoms with Crippen LogP contribution in [-0.4, -0.2) is 28.1 Å². The van der Waals surface area contributed by atoms with E-state index in [2.05, 4.69) is 0 Å². The molecule has 0 aliphatic heterocycles. The SMILES string of the molecule is COc1ccc(S(=O)(=O)Cl)cc1CC(=O)OCC1CC1. The standard InChI is InChI=1S/C13H15ClO5S/c1-18-12-5-4-11(20(14,16)17)6-10(12)7-13(15)19-8-9-2-3-9/h4-6,9H,2-3,7-8H2,1H3. The van der Waals surface area contributed by atoms with Crippen molar-refractivity contribution < 1.29 is 22.7 Å². The quantitative estimate of drug-likeness (QED) is 0.593. The lowest BCUT2D eigenvalue weighted by Gasteiger charge is -2.09. The molecule has 0 spiro atoms. The number of ether oxygens (including phenoxy) is 2. The zero-order chi connectivity index (χ0) is 14.8. The minimum absolute atomic E-state index is 0.0455. The Hall–Kier alpha value is -1.27. The van der Waals surface area contributed by atoms with Crippen LogP contribution in [0.1, 0.15) is 18.4 Å². The van der Waals surface area contributed by atoms with Crippen LogP contribution in [0.2, 0.25) is 0 Å². The van der Waals surface area contributed by atoms with Crippen LogP contribution in [0.4, 0.5) is 0 Å². The molecular formula is C13H15ClO5S. The van der Waals surface area contributed by atoms with Crippen molar-refractivity contribution in [2.75, 3.05) is 13.7 Å². The number of halogens is 1. The van der Waals surface area contributed by atoms with Gasteiger partial charge in [-0.2, -0.15) is 0 Å². The first-order chi connectivity index (χ1) is 9.40. The lowest BCUT2D eigenvalue weighted by Crippen LogP contribution is -2.11. The molecule has 1 aliphatic carbocycles. The van der Waals surface area contributed by atoms with Crippen molar-refractivity contribution in [1.29, 1.82) is 0 Å². The first-order valence-corrected chi connectivity index (χ1v) is 8.48. The van der Waals surface area contributed by atoms with Gasteiger partial charge in [-0.15, -0.1) is 0 Å². The fourth-order valence-corrected chi connectivity index (χ4v) is 2.55. The van der Waals surface area contributed by atoms with Gasteiger partial charge in [0.15, 0.2) is 0 Å². The van der Waals surface area contributed by atoms with E-state index in [1.165, 1.54) is 25.3 Å². The third kappa shape index (κ3) is 4.11. The van der Waals surface area contributed by atoms with E-state index in [0.717, 1.165) is 12.8 Å². The van der Waals surface area contributed by atoms with Crippen molar-refractivity contribution in [3.63, 3.8) is 0 Å². The maximum Gasteiger partial charge on any atom is 0.310 e. The first-order valence-electron chi connectivity index (χ1n) is 6.17. The Morgan fingerprint density at radius 2 is 2.10 bits per heavy atom. The number of hydrogen-bond donors (Lipinski definition) is 0. The van der Waals surface area contributed by atoms with Crippen LogP contribution in [0.15, 0.2) is 23.1 Å². The van der Waals surface area contributed by atoms with Gasteiger partial charge in [0.2, 0.25) is 0 Å². The van der Waals surface area contributed by atoms with Crippen LogP contribution in [0.5, 0.6) is 5.75 Å². The molecule has 0 radical (unpaired) electrons. The van der Waals surface area contributed by atoms with E-state index >= 15 is 0 Å². The second-order valence-electron chi connectivity index (χ2n) is 4.71. The van der Waals surface area contributed by atoms with Gasteiger partial charge < -0.3 is 9.47 Å². The molecule has 0 unspecified atom stereocenters. The molecule has 0 bridgehead atoms. The average Bonchev–Trinajstić information content (AvgIpc) is 3.19. The van der Waals surface area contributed by atoms with Gasteiger partial charge >= 0.3 is 5.97 Å². The van der Waals surface area contributed by atoms with Crippen LogP contribution in [0.25, 0.3) is 0 Å². The van der Waals surface area contributed by atoms with E-state index in [-0.39, 0.29) is 11.3 Å². The summed E-state index contributed by atoms with van der Waals surface area (Å²) in [7, 11) is 2.90. The molecule has 0 heterocycles. The van der Waals surface area contributed by atoms with Gasteiger partial charge in [-0.25, -0.2) is 8.42 Å². The Morgan fingerprint density at radius 3 is 2.65 bits per heavy atom. The predicted molar refractivity (Wildman–Crippen MR) is 73.4 cm³/mol. The highest BCUT2D eigenvalue weighted by Crippen LogP contribution is 2.29. The van der Waals surface area contributed by atoms with Crippen LogP contribution < -0.4 is 4.74 Å². The summed E-state index contributed by atoms with van der Waals surface area (Å²) in [6.45, 7) is 0.425. The second-order valence-corrected chi connectivity index (χ2v) is 7.28. The van der Waals surface area contributed by atoms with Gasteiger partial charge in [-0.05, 0) is 37.0 Å². The normalized spacial score (nSPS) is 14.9. The lowest BCUT2D eigenvalue weighted by atomic mass is 10.1. The van der Waals surface area contributed by atoms with Crippen molar-refractivity contribution in [3.8, 4) is 5.75 Å². The van der Waals surface area contributed by atoms with Crippen molar-refractivity contribution in [3.05, 3.63) is 23.8 Å². The number of rotatable bonds is 6. The highest BCUT2D eigenvalue weighted by Gasteiger charge is 2.23. The zero-order valence-electron chi connectivity index (χ0n) is 11.0. The molecule has 110 valence electrons. The fourth-order valence-electron chi connectivity index (χ4n) is 1.75. The summed E-state index contributed by atoms with van der Waals surface area (Å²) in [5.41, 5.74) is 0.440. The van der Waals surface area contributed by atoms with E-state index in [0.29, 0.717) is 23.8 Å². The van der Waals surface area contributed by atoms with Gasteiger partial charge in [-0.1, -0.05) is 0 Å². The molecule has 0 N–H and O–H groups in total. The summed E-state index contributed by atoms with van der Waals surface area (Å²) in [4.78, 5) is 11.6. The summed E-state index contributed by atoms with van der Waals surface area (Å²) < 4.78 is 32.8. The van der Waals surface area contributed by atoms with Crippen LogP contribution in [0.3, 0.4) is 0 Å². The number of carbonyl (C=O) groups is 1. The molecule has 1 aromatic rings. The molecule has 1 saturated carbocycles. The number of benzene rings is 1. The van der Waals surface area contributed by atoms with E-state index in [1.807, 2.05) is 0 Å². The summed E-state index contributed by atoms with van der Waals surface area (Å²) in [6, 6.07) is 4.14. The van der Waals surface area contributed by atoms with Gasteiger partial charge in [0.05, 0.1) is 25.0 Å². The molecule has 0 aromatic heterocycles. The maximum absolute atomic E-state index is 11.7. The van der Waals surface area contributed by atoms with Crippen LogP contribution in [0, 0.1) is 5.92 Å². The minimum atomic E-state index is -3.84. The zero-order valence-corrected chi connectivity index (χ0v) is 12.5. The van der Waals surface area contributed by atoms with Crippen molar-refractivity contribution in [2.45, 2.75) is 24.2 Å². The summed E-state index contributed by atoms with van der Waals surface area (Å²) in [5.74, 6) is 0.507. The van der Waals surface area contributed by atoms with Gasteiger partial charge in [0, 0.05) is 16.2 Å². The summed E-state index contributed by atoms with van der Waals surface area (Å²) in [5, 5.41) is 0. The molecule has 1 fully saturated rings. The molecule has 1 aliphatic rings. The highest BCUT2D eigenvalue weighted by molar-refractivity contribution is 8.13. The Balaban J connectivity index is 2.12. The first kappa shape index (κ1) is 15.1. The lowest BCUT2D eigenvalue weighted by molar-refractivity contribution is -0.143. The third-order valence-electron chi connectivity index (χ3n) is 3.05. The Kier molecular flexibility index (Phi) is 4.55. The Morgan fingerprint density at radius 1 is 1.40 bits per heavy atom. The minimum Gasteiger partial charge on any atom is -0.496 e. The van der Waals surface area contributed by atoms with E-state index in [4.69, 9.17) is 20.2 Å².